The van der Waals surface area contributed by atoms with E-state index in [0.717, 1.165) is 16.7 Å². The number of benzene rings is 2. The molecule has 0 unspecified atom stereocenters. The molecule has 11 heteroatoms. The summed E-state index contributed by atoms with van der Waals surface area (Å²) in [6, 6.07) is 17.9. The van der Waals surface area contributed by atoms with Gasteiger partial charge in [0.25, 0.3) is 0 Å². The molecule has 7 nitrogen and oxygen atoms in total. The Kier molecular flexibility index (Phi) is 10.4. The Balaban J connectivity index is 0.000000521. The van der Waals surface area contributed by atoms with E-state index >= 15 is 0 Å². The molecular formula is C26H26F3NO6S. The van der Waals surface area contributed by atoms with Crippen LogP contribution in [0.5, 0.6) is 5.75 Å². The van der Waals surface area contributed by atoms with Crippen molar-refractivity contribution in [3.05, 3.63) is 83.8 Å². The smallest absolute Gasteiger partial charge is 0.485 e. The lowest BCUT2D eigenvalue weighted by Crippen LogP contribution is -2.28. The lowest BCUT2D eigenvalue weighted by Gasteiger charge is -2.08. The van der Waals surface area contributed by atoms with E-state index in [-0.39, 0.29) is 12.4 Å². The number of nitrogens with zero attached hydrogens (tertiary/aromatic N) is 1. The molecule has 0 bridgehead atoms. The van der Waals surface area contributed by atoms with Crippen LogP contribution in [0.2, 0.25) is 0 Å². The van der Waals surface area contributed by atoms with Crippen molar-refractivity contribution in [1.29, 1.82) is 0 Å². The fourth-order valence-corrected chi connectivity index (χ4v) is 2.92. The van der Waals surface area contributed by atoms with Crippen molar-refractivity contribution in [3.63, 3.8) is 0 Å². The number of hydrogen-bond acceptors (Lipinski definition) is 6. The zero-order valence-corrected chi connectivity index (χ0v) is 21.2. The minimum absolute atomic E-state index is 0.212. The number of carbonyl (C=O) groups is 1. The number of carbonyl (C=O) groups excluding carboxylic acids is 1. The van der Waals surface area contributed by atoms with E-state index in [4.69, 9.17) is 22.4 Å². The summed E-state index contributed by atoms with van der Waals surface area (Å²) in [5.74, 6) is 0.227. The zero-order valence-electron chi connectivity index (χ0n) is 20.4. The Morgan fingerprint density at radius 1 is 1.03 bits per heavy atom. The van der Waals surface area contributed by atoms with Gasteiger partial charge in [-0.2, -0.15) is 13.2 Å². The number of pyridine rings is 1. The second-order valence-electron chi connectivity index (χ2n) is 7.99. The number of allylic oxidation sites excluding steroid dienone is 1. The molecule has 3 aromatic rings. The van der Waals surface area contributed by atoms with E-state index < -0.39 is 15.6 Å². The van der Waals surface area contributed by atoms with Gasteiger partial charge in [-0.25, -0.2) is 13.0 Å². The van der Waals surface area contributed by atoms with Gasteiger partial charge in [0.1, 0.15) is 12.8 Å². The first-order valence-corrected chi connectivity index (χ1v) is 12.3. The molecule has 1 heterocycles. The highest BCUT2D eigenvalue weighted by Gasteiger charge is 2.36. The molecule has 0 amide bonds. The van der Waals surface area contributed by atoms with E-state index in [1.54, 1.807) is 18.4 Å². The van der Waals surface area contributed by atoms with Gasteiger partial charge in [0, 0.05) is 12.1 Å². The summed E-state index contributed by atoms with van der Waals surface area (Å²) in [5.41, 5.74) is -1.21. The Morgan fingerprint density at radius 2 is 1.65 bits per heavy atom. The second kappa shape index (κ2) is 13.0. The van der Waals surface area contributed by atoms with Crippen molar-refractivity contribution in [2.75, 3.05) is 6.61 Å². The van der Waals surface area contributed by atoms with Crippen LogP contribution < -0.4 is 9.30 Å². The Hall–Kier alpha value is -3.70. The van der Waals surface area contributed by atoms with Crippen molar-refractivity contribution in [3.8, 4) is 5.75 Å². The summed E-state index contributed by atoms with van der Waals surface area (Å²) >= 11 is 0. The molecule has 0 fully saturated rings. The predicted octanol–water partition coefficient (Wildman–Crippen LogP) is 5.12. The van der Waals surface area contributed by atoms with Crippen LogP contribution in [0.25, 0.3) is 23.1 Å². The summed E-state index contributed by atoms with van der Waals surface area (Å²) in [5, 5.41) is 1.20. The largest absolute Gasteiger partial charge is 0.741 e. The topological polar surface area (TPSA) is 96.6 Å². The van der Waals surface area contributed by atoms with Crippen molar-refractivity contribution in [1.82, 2.24) is 0 Å². The first kappa shape index (κ1) is 29.5. The van der Waals surface area contributed by atoms with Crippen LogP contribution in [-0.2, 0) is 26.7 Å². The molecule has 198 valence electrons. The van der Waals surface area contributed by atoms with Crippen molar-refractivity contribution in [2.24, 2.45) is 7.05 Å². The fourth-order valence-electron chi connectivity index (χ4n) is 2.92. The molecule has 3 rings (SSSR count). The van der Waals surface area contributed by atoms with Crippen LogP contribution in [0.1, 0.15) is 31.4 Å². The number of fused-ring (bicyclic) bond motifs is 1. The molecule has 0 N–H and O–H groups in total. The van der Waals surface area contributed by atoms with Gasteiger partial charge in [-0.1, -0.05) is 36.4 Å². The number of hydrogen-bond donors (Lipinski definition) is 0. The molecule has 0 aliphatic heterocycles. The van der Waals surface area contributed by atoms with E-state index in [2.05, 4.69) is 41.1 Å². The quantitative estimate of drug-likeness (QED) is 0.0789. The molecule has 1 aromatic heterocycles. The van der Waals surface area contributed by atoms with E-state index in [1.807, 2.05) is 45.2 Å². The Morgan fingerprint density at radius 3 is 2.24 bits per heavy atom. The van der Waals surface area contributed by atoms with Gasteiger partial charge in [-0.15, -0.1) is 0 Å². The maximum atomic E-state index is 11.9. The average molecular weight is 538 g/mol. The highest BCUT2D eigenvalue weighted by molar-refractivity contribution is 7.86. The van der Waals surface area contributed by atoms with Gasteiger partial charge in [-0.3, -0.25) is 4.79 Å². The number of aryl methyl sites for hydroxylation is 1. The maximum absolute atomic E-state index is 11.9. The third-order valence-corrected chi connectivity index (χ3v) is 5.23. The summed E-state index contributed by atoms with van der Waals surface area (Å²) in [6.45, 7) is 4.19. The maximum Gasteiger partial charge on any atom is 0.485 e. The predicted molar refractivity (Wildman–Crippen MR) is 132 cm³/mol. The third kappa shape index (κ3) is 9.70. The van der Waals surface area contributed by atoms with E-state index in [9.17, 15) is 18.0 Å². The molecule has 0 spiro atoms. The van der Waals surface area contributed by atoms with Crippen LogP contribution in [0.4, 0.5) is 13.2 Å². The van der Waals surface area contributed by atoms with Crippen LogP contribution in [0, 0.1) is 0 Å². The minimum Gasteiger partial charge on any atom is -0.741 e. The average Bonchev–Trinajstić information content (AvgIpc) is 2.82. The number of aromatic nitrogens is 1. The minimum atomic E-state index is -6.09. The van der Waals surface area contributed by atoms with Gasteiger partial charge >= 0.3 is 11.5 Å². The molecule has 0 atom stereocenters. The van der Waals surface area contributed by atoms with Crippen LogP contribution in [-0.4, -0.2) is 31.1 Å². The second-order valence-corrected chi connectivity index (χ2v) is 9.36. The van der Waals surface area contributed by atoms with Crippen molar-refractivity contribution >= 4 is 39.1 Å². The third-order valence-electron chi connectivity index (χ3n) is 4.67. The number of ether oxygens (including phenoxy) is 2. The molecule has 0 saturated carbocycles. The van der Waals surface area contributed by atoms with Gasteiger partial charge in [0.05, 0.1) is 24.7 Å². The van der Waals surface area contributed by atoms with Gasteiger partial charge < -0.3 is 14.0 Å². The summed E-state index contributed by atoms with van der Waals surface area (Å²) in [6.07, 6.45) is 8.07. The summed E-state index contributed by atoms with van der Waals surface area (Å²) in [4.78, 5) is 11.9. The van der Waals surface area contributed by atoms with Crippen molar-refractivity contribution in [2.45, 2.75) is 25.8 Å². The molecule has 2 aromatic carbocycles. The molecule has 0 aliphatic carbocycles. The number of para-hydroxylation sites is 1. The number of halogens is 3. The normalized spacial score (nSPS) is 11.5. The van der Waals surface area contributed by atoms with Crippen molar-refractivity contribution < 1.29 is 45.0 Å². The molecule has 0 saturated heterocycles. The molecule has 0 aliphatic rings. The molecule has 37 heavy (non-hydrogen) atoms. The summed E-state index contributed by atoms with van der Waals surface area (Å²) in [7, 11) is -4.05. The van der Waals surface area contributed by atoms with Gasteiger partial charge in [0.2, 0.25) is 5.52 Å². The molecule has 0 radical (unpaired) electrons. The Labute approximate surface area is 213 Å². The highest BCUT2D eigenvalue weighted by Crippen LogP contribution is 2.21. The van der Waals surface area contributed by atoms with Gasteiger partial charge in [0.15, 0.2) is 16.3 Å². The first-order chi connectivity index (χ1) is 17.3. The monoisotopic (exact) mass is 537 g/mol. The number of rotatable bonds is 7. The molecular weight excluding hydrogens is 511 g/mol. The highest BCUT2D eigenvalue weighted by atomic mass is 32.2. The fraction of sp³-hybridized carbons (Fsp3) is 0.231. The lowest BCUT2D eigenvalue weighted by molar-refractivity contribution is -0.644. The van der Waals surface area contributed by atoms with Crippen LogP contribution >= 0.6 is 0 Å². The summed E-state index contributed by atoms with van der Waals surface area (Å²) < 4.78 is 71.6. The van der Waals surface area contributed by atoms with Gasteiger partial charge in [-0.05, 0) is 48.7 Å². The van der Waals surface area contributed by atoms with Crippen LogP contribution in [0.15, 0.2) is 72.6 Å². The number of alkyl halides is 3. The Bertz CT molecular complexity index is 1380. The van der Waals surface area contributed by atoms with E-state index in [0.29, 0.717) is 12.4 Å². The van der Waals surface area contributed by atoms with Crippen LogP contribution in [0.3, 0.4) is 0 Å². The SMILES string of the molecule is CC(C)=COCCC(=O)Oc1ccc(C=Cc2cc[n+](C)c3ccccc23)cc1.O=S(=O)([O-])C(F)(F)F. The van der Waals surface area contributed by atoms with E-state index in [1.165, 1.54) is 10.9 Å². The first-order valence-electron chi connectivity index (χ1n) is 10.9. The number of esters is 1. The lowest BCUT2D eigenvalue weighted by atomic mass is 10.1. The standard InChI is InChI=1S/C25H26NO3.CHF3O3S/c1-19(2)18-28-17-15-25(27)29-22-12-9-20(10-13-22)8-11-21-14-16-26(3)24-7-5-4-6-23(21)24;2-1(3,4)8(5,6)7/h4-14,16,18H,15,17H2,1-3H3;(H,5,6,7)/q+1;/p-1. The zero-order chi connectivity index (χ0) is 27.6.